The van der Waals surface area contributed by atoms with Gasteiger partial charge in [-0.2, -0.15) is 30.7 Å². The third kappa shape index (κ3) is 2.99. The van der Waals surface area contributed by atoms with Crippen molar-refractivity contribution < 1.29 is 54.5 Å². The lowest BCUT2D eigenvalue weighted by atomic mass is 9.98. The van der Waals surface area contributed by atoms with Gasteiger partial charge in [0.15, 0.2) is 0 Å². The van der Waals surface area contributed by atoms with Crippen LogP contribution >= 0.6 is 0 Å². The van der Waals surface area contributed by atoms with Gasteiger partial charge in [-0.15, -0.1) is 0 Å². The van der Waals surface area contributed by atoms with Gasteiger partial charge in [0, 0.05) is 17.3 Å². The summed E-state index contributed by atoms with van der Waals surface area (Å²) in [7, 11) is 0. The normalized spacial score (nSPS) is 19.3. The second kappa shape index (κ2) is 6.23. The van der Waals surface area contributed by atoms with E-state index in [2.05, 4.69) is 4.98 Å². The van der Waals surface area contributed by atoms with Crippen molar-refractivity contribution >= 4 is 0 Å². The van der Waals surface area contributed by atoms with Crippen molar-refractivity contribution in [3.05, 3.63) is 52.8 Å². The first-order chi connectivity index (χ1) is 13.1. The van der Waals surface area contributed by atoms with Crippen LogP contribution in [0.5, 0.6) is 11.5 Å². The topological polar surface area (TPSA) is 62.6 Å². The standard InChI is InChI=1S/C16H8F9NO3/c17-12(18)10-9(29-7-3-6(4-26-5-7)15(21,22)23)2-1-8-11(10)14(27,28)16(24,25)13(8,19)20/h1-5,12,27-28H. The maximum absolute atomic E-state index is 13.9. The fraction of sp³-hybridized carbons (Fsp3) is 0.312. The fourth-order valence-corrected chi connectivity index (χ4v) is 2.84. The second-order valence-corrected chi connectivity index (χ2v) is 6.03. The maximum atomic E-state index is 13.9. The van der Waals surface area contributed by atoms with Crippen LogP contribution in [-0.4, -0.2) is 21.1 Å². The van der Waals surface area contributed by atoms with Crippen molar-refractivity contribution in [1.82, 2.24) is 4.98 Å². The molecule has 4 nitrogen and oxygen atoms in total. The van der Waals surface area contributed by atoms with Crippen LogP contribution in [0.4, 0.5) is 39.5 Å². The summed E-state index contributed by atoms with van der Waals surface area (Å²) in [5.41, 5.74) is -6.74. The molecule has 1 aliphatic carbocycles. The van der Waals surface area contributed by atoms with E-state index in [1.807, 2.05) is 0 Å². The number of ether oxygens (including phenoxy) is 1. The molecule has 1 heterocycles. The van der Waals surface area contributed by atoms with Crippen LogP contribution in [0.3, 0.4) is 0 Å². The lowest BCUT2D eigenvalue weighted by Gasteiger charge is -2.28. The molecule has 0 aliphatic heterocycles. The van der Waals surface area contributed by atoms with Crippen LogP contribution in [0.1, 0.15) is 28.7 Å². The van der Waals surface area contributed by atoms with Gasteiger partial charge in [-0.25, -0.2) is 8.78 Å². The number of halogens is 9. The molecule has 0 radical (unpaired) electrons. The van der Waals surface area contributed by atoms with E-state index >= 15 is 0 Å². The number of rotatable bonds is 3. The van der Waals surface area contributed by atoms with Crippen LogP contribution < -0.4 is 4.74 Å². The largest absolute Gasteiger partial charge is 0.455 e. The van der Waals surface area contributed by atoms with Gasteiger partial charge in [-0.05, 0) is 18.2 Å². The Morgan fingerprint density at radius 2 is 1.62 bits per heavy atom. The quantitative estimate of drug-likeness (QED) is 0.544. The summed E-state index contributed by atoms with van der Waals surface area (Å²) in [5.74, 6) is -17.4. The average molecular weight is 433 g/mol. The van der Waals surface area contributed by atoms with Crippen LogP contribution in [0.25, 0.3) is 0 Å². The number of alkyl halides is 9. The summed E-state index contributed by atoms with van der Waals surface area (Å²) in [6, 6.07) is 0.912. The number of fused-ring (bicyclic) bond motifs is 1. The van der Waals surface area contributed by atoms with Gasteiger partial charge in [0.05, 0.1) is 17.3 Å². The average Bonchev–Trinajstić information content (AvgIpc) is 2.69. The highest BCUT2D eigenvalue weighted by Gasteiger charge is 2.77. The Kier molecular flexibility index (Phi) is 4.55. The van der Waals surface area contributed by atoms with Gasteiger partial charge in [0.25, 0.3) is 12.2 Å². The highest BCUT2D eigenvalue weighted by molar-refractivity contribution is 5.55. The number of aromatic nitrogens is 1. The molecule has 0 amide bonds. The number of aliphatic hydroxyl groups is 2. The Balaban J connectivity index is 2.18. The van der Waals surface area contributed by atoms with E-state index in [0.717, 1.165) is 0 Å². The predicted octanol–water partition coefficient (Wildman–Crippen LogP) is 4.71. The smallest absolute Gasteiger partial charge is 0.418 e. The molecule has 0 atom stereocenters. The van der Waals surface area contributed by atoms with Gasteiger partial charge < -0.3 is 14.9 Å². The van der Waals surface area contributed by atoms with E-state index in [4.69, 9.17) is 4.74 Å². The number of pyridine rings is 1. The lowest BCUT2D eigenvalue weighted by Crippen LogP contribution is -2.49. The molecule has 29 heavy (non-hydrogen) atoms. The third-order valence-corrected chi connectivity index (χ3v) is 4.21. The molecule has 0 saturated carbocycles. The molecular formula is C16H8F9NO3. The highest BCUT2D eigenvalue weighted by atomic mass is 19.4. The summed E-state index contributed by atoms with van der Waals surface area (Å²) in [6.45, 7) is 0. The minimum Gasteiger partial charge on any atom is -0.455 e. The van der Waals surface area contributed by atoms with Crippen molar-refractivity contribution in [2.75, 3.05) is 0 Å². The molecule has 0 fully saturated rings. The van der Waals surface area contributed by atoms with Gasteiger partial charge >= 0.3 is 18.0 Å². The van der Waals surface area contributed by atoms with Gasteiger partial charge in [0.2, 0.25) is 0 Å². The maximum Gasteiger partial charge on any atom is 0.418 e. The number of nitrogens with zero attached hydrogens (tertiary/aromatic N) is 1. The van der Waals surface area contributed by atoms with Crippen molar-refractivity contribution in [1.29, 1.82) is 0 Å². The van der Waals surface area contributed by atoms with Gasteiger partial charge in [0.1, 0.15) is 11.5 Å². The number of hydrogen-bond acceptors (Lipinski definition) is 4. The van der Waals surface area contributed by atoms with Gasteiger partial charge in [-0.1, -0.05) is 0 Å². The van der Waals surface area contributed by atoms with E-state index in [9.17, 15) is 49.7 Å². The summed E-state index contributed by atoms with van der Waals surface area (Å²) < 4.78 is 125. The van der Waals surface area contributed by atoms with E-state index in [-0.39, 0.29) is 6.07 Å². The first-order valence-corrected chi connectivity index (χ1v) is 7.49. The summed E-state index contributed by atoms with van der Waals surface area (Å²) in [4.78, 5) is 3.20. The zero-order valence-corrected chi connectivity index (χ0v) is 13.6. The van der Waals surface area contributed by atoms with Crippen molar-refractivity contribution in [2.24, 2.45) is 0 Å². The first-order valence-electron chi connectivity index (χ1n) is 7.49. The van der Waals surface area contributed by atoms with E-state index in [0.29, 0.717) is 24.5 Å². The van der Waals surface area contributed by atoms with Crippen molar-refractivity contribution in [3.8, 4) is 11.5 Å². The Hall–Kier alpha value is -2.54. The molecule has 13 heteroatoms. The van der Waals surface area contributed by atoms with E-state index in [1.165, 1.54) is 0 Å². The Bertz CT molecular complexity index is 957. The fourth-order valence-electron chi connectivity index (χ4n) is 2.84. The molecule has 1 aromatic heterocycles. The predicted molar refractivity (Wildman–Crippen MR) is 75.7 cm³/mol. The minimum absolute atomic E-state index is 0.194. The van der Waals surface area contributed by atoms with Crippen LogP contribution in [0, 0.1) is 0 Å². The van der Waals surface area contributed by atoms with Gasteiger partial charge in [-0.3, -0.25) is 4.98 Å². The van der Waals surface area contributed by atoms with Crippen molar-refractivity contribution in [2.45, 2.75) is 30.2 Å². The molecule has 1 aliphatic rings. The number of benzene rings is 1. The zero-order valence-electron chi connectivity index (χ0n) is 13.6. The molecule has 0 unspecified atom stereocenters. The van der Waals surface area contributed by atoms with E-state index in [1.54, 1.807) is 0 Å². The summed E-state index contributed by atoms with van der Waals surface area (Å²) in [6.07, 6.45) is -7.67. The Morgan fingerprint density at radius 3 is 2.17 bits per heavy atom. The van der Waals surface area contributed by atoms with E-state index < -0.39 is 64.0 Å². The lowest BCUT2D eigenvalue weighted by molar-refractivity contribution is -0.358. The zero-order chi connectivity index (χ0) is 22.0. The molecule has 2 aromatic rings. The van der Waals surface area contributed by atoms with Crippen molar-refractivity contribution in [3.63, 3.8) is 0 Å². The second-order valence-electron chi connectivity index (χ2n) is 6.03. The first kappa shape index (κ1) is 21.2. The molecule has 158 valence electrons. The Labute approximate surface area is 155 Å². The molecule has 3 rings (SSSR count). The van der Waals surface area contributed by atoms with Crippen LogP contribution in [-0.2, 0) is 17.9 Å². The Morgan fingerprint density at radius 1 is 1.00 bits per heavy atom. The molecular weight excluding hydrogens is 425 g/mol. The SMILES string of the molecule is OC1(O)c2c(ccc(Oc3cncc(C(F)(F)F)c3)c2C(F)F)C(F)(F)C1(F)F. The molecule has 2 N–H and O–H groups in total. The van der Waals surface area contributed by atoms with Crippen LogP contribution in [0.2, 0.25) is 0 Å². The summed E-state index contributed by atoms with van der Waals surface area (Å²) in [5, 5.41) is 19.1. The minimum atomic E-state index is -5.57. The third-order valence-electron chi connectivity index (χ3n) is 4.21. The molecule has 0 saturated heterocycles. The summed E-state index contributed by atoms with van der Waals surface area (Å²) >= 11 is 0. The molecule has 0 spiro atoms. The molecule has 1 aromatic carbocycles. The van der Waals surface area contributed by atoms with Crippen LogP contribution in [0.15, 0.2) is 30.6 Å². The highest BCUT2D eigenvalue weighted by Crippen LogP contribution is 2.62. The number of hydrogen-bond donors (Lipinski definition) is 2. The monoisotopic (exact) mass is 433 g/mol. The molecule has 0 bridgehead atoms.